The van der Waals surface area contributed by atoms with Gasteiger partial charge in [-0.25, -0.2) is 12.8 Å². The van der Waals surface area contributed by atoms with Gasteiger partial charge in [0.25, 0.3) is 5.91 Å². The molecule has 0 spiro atoms. The summed E-state index contributed by atoms with van der Waals surface area (Å²) in [5, 5.41) is 2.61. The third-order valence-electron chi connectivity index (χ3n) is 4.33. The molecule has 0 saturated carbocycles. The van der Waals surface area contributed by atoms with Crippen LogP contribution in [0.4, 0.5) is 10.1 Å². The fourth-order valence-electron chi connectivity index (χ4n) is 3.09. The lowest BCUT2D eigenvalue weighted by Crippen LogP contribution is -2.48. The normalized spacial score (nSPS) is 20.2. The van der Waals surface area contributed by atoms with Crippen molar-refractivity contribution in [3.05, 3.63) is 54.3 Å². The van der Waals surface area contributed by atoms with Crippen LogP contribution in [-0.2, 0) is 19.6 Å². The van der Waals surface area contributed by atoms with Gasteiger partial charge in [0.2, 0.25) is 10.0 Å². The first-order valence-electron chi connectivity index (χ1n) is 9.18. The van der Waals surface area contributed by atoms with Crippen LogP contribution in [0.5, 0.6) is 5.75 Å². The number of morpholine rings is 1. The highest BCUT2D eigenvalue weighted by molar-refractivity contribution is 7.89. The molecule has 1 amide bonds. The number of carbonyl (C=O) groups is 1. The van der Waals surface area contributed by atoms with Gasteiger partial charge in [-0.1, -0.05) is 6.07 Å². The number of halogens is 1. The Labute approximate surface area is 169 Å². The lowest BCUT2D eigenvalue weighted by molar-refractivity contribution is -0.118. The molecule has 2 aromatic carbocycles. The largest absolute Gasteiger partial charge is 0.484 e. The van der Waals surface area contributed by atoms with Crippen molar-refractivity contribution in [2.24, 2.45) is 0 Å². The first-order chi connectivity index (χ1) is 13.7. The highest BCUT2D eigenvalue weighted by Gasteiger charge is 2.32. The van der Waals surface area contributed by atoms with Crippen molar-refractivity contribution in [1.29, 1.82) is 0 Å². The van der Waals surface area contributed by atoms with E-state index in [-0.39, 0.29) is 29.5 Å². The summed E-state index contributed by atoms with van der Waals surface area (Å²) in [5.74, 6) is -0.653. The van der Waals surface area contributed by atoms with E-state index >= 15 is 0 Å². The molecule has 1 N–H and O–H groups in total. The molecule has 9 heteroatoms. The molecule has 156 valence electrons. The number of carbonyl (C=O) groups excluding carboxylic acids is 1. The van der Waals surface area contributed by atoms with Crippen molar-refractivity contribution in [3.63, 3.8) is 0 Å². The van der Waals surface area contributed by atoms with Gasteiger partial charge < -0.3 is 14.8 Å². The molecule has 1 aliphatic heterocycles. The number of amides is 1. The molecule has 7 nitrogen and oxygen atoms in total. The topological polar surface area (TPSA) is 84.9 Å². The Morgan fingerprint density at radius 1 is 1.17 bits per heavy atom. The Bertz CT molecular complexity index is 955. The summed E-state index contributed by atoms with van der Waals surface area (Å²) in [6.07, 6.45) is -0.352. The number of rotatable bonds is 6. The van der Waals surface area contributed by atoms with Gasteiger partial charge in [-0.2, -0.15) is 4.31 Å². The number of hydrogen-bond acceptors (Lipinski definition) is 5. The van der Waals surface area contributed by atoms with Gasteiger partial charge in [0.15, 0.2) is 6.61 Å². The smallest absolute Gasteiger partial charge is 0.262 e. The Kier molecular flexibility index (Phi) is 6.51. The summed E-state index contributed by atoms with van der Waals surface area (Å²) in [6.45, 7) is 3.96. The van der Waals surface area contributed by atoms with Gasteiger partial charge >= 0.3 is 0 Å². The molecular formula is C20H23FN2O5S. The summed E-state index contributed by atoms with van der Waals surface area (Å²) in [4.78, 5) is 12.1. The van der Waals surface area contributed by atoms with Gasteiger partial charge in [0.05, 0.1) is 17.1 Å². The van der Waals surface area contributed by atoms with Gasteiger partial charge in [-0.05, 0) is 50.2 Å². The fraction of sp³-hybridized carbons (Fsp3) is 0.350. The maximum Gasteiger partial charge on any atom is 0.262 e. The van der Waals surface area contributed by atoms with Crippen molar-refractivity contribution in [2.45, 2.75) is 31.0 Å². The second-order valence-corrected chi connectivity index (χ2v) is 8.84. The van der Waals surface area contributed by atoms with Crippen LogP contribution in [0.3, 0.4) is 0 Å². The highest BCUT2D eigenvalue weighted by atomic mass is 32.2. The van der Waals surface area contributed by atoms with Crippen LogP contribution in [0.25, 0.3) is 0 Å². The zero-order valence-electron chi connectivity index (χ0n) is 16.2. The minimum Gasteiger partial charge on any atom is -0.484 e. The molecule has 2 aromatic rings. The van der Waals surface area contributed by atoms with E-state index in [2.05, 4.69) is 5.32 Å². The highest BCUT2D eigenvalue weighted by Crippen LogP contribution is 2.22. The predicted octanol–water partition coefficient (Wildman–Crippen LogP) is 2.64. The number of nitrogens with zero attached hydrogens (tertiary/aromatic N) is 1. The van der Waals surface area contributed by atoms with E-state index in [1.54, 1.807) is 6.07 Å². The third-order valence-corrected chi connectivity index (χ3v) is 6.17. The zero-order valence-corrected chi connectivity index (χ0v) is 17.0. The molecule has 0 unspecified atom stereocenters. The van der Waals surface area contributed by atoms with E-state index < -0.39 is 21.7 Å². The van der Waals surface area contributed by atoms with Crippen molar-refractivity contribution >= 4 is 21.6 Å². The molecule has 1 saturated heterocycles. The van der Waals surface area contributed by atoms with Gasteiger partial charge in [-0.3, -0.25) is 4.79 Å². The minimum atomic E-state index is -3.64. The molecule has 0 aliphatic carbocycles. The van der Waals surface area contributed by atoms with Crippen LogP contribution < -0.4 is 10.1 Å². The standard InChI is InChI=1S/C20H23FN2O5S/c1-14-11-23(12-15(2)28-14)29(25,26)19-8-6-17(7-9-19)22-20(24)13-27-18-5-3-4-16(21)10-18/h3-10,14-15H,11-13H2,1-2H3,(H,22,24)/t14-,15-/m0/s1. The van der Waals surface area contributed by atoms with E-state index in [9.17, 15) is 17.6 Å². The number of nitrogens with one attached hydrogen (secondary N) is 1. The minimum absolute atomic E-state index is 0.146. The van der Waals surface area contributed by atoms with Crippen LogP contribution in [0.2, 0.25) is 0 Å². The van der Waals surface area contributed by atoms with Crippen molar-refractivity contribution in [2.75, 3.05) is 25.0 Å². The third kappa shape index (κ3) is 5.53. The summed E-state index contributed by atoms with van der Waals surface area (Å²) in [6, 6.07) is 11.4. The fourth-order valence-corrected chi connectivity index (χ4v) is 4.68. The summed E-state index contributed by atoms with van der Waals surface area (Å²) < 4.78 is 51.0. The first-order valence-corrected chi connectivity index (χ1v) is 10.6. The quantitative estimate of drug-likeness (QED) is 0.774. The molecule has 2 atom stereocenters. The second-order valence-electron chi connectivity index (χ2n) is 6.90. The Hall–Kier alpha value is -2.49. The SMILES string of the molecule is C[C@H]1CN(S(=O)(=O)c2ccc(NC(=O)COc3cccc(F)c3)cc2)C[C@H](C)O1. The van der Waals surface area contributed by atoms with Crippen LogP contribution in [0.1, 0.15) is 13.8 Å². The molecule has 1 heterocycles. The molecule has 0 aromatic heterocycles. The number of anilines is 1. The van der Waals surface area contributed by atoms with E-state index in [0.29, 0.717) is 18.8 Å². The number of hydrogen-bond donors (Lipinski definition) is 1. The van der Waals surface area contributed by atoms with Crippen molar-refractivity contribution in [1.82, 2.24) is 4.31 Å². The molecule has 3 rings (SSSR count). The number of ether oxygens (including phenoxy) is 2. The molecule has 29 heavy (non-hydrogen) atoms. The summed E-state index contributed by atoms with van der Waals surface area (Å²) in [5.41, 5.74) is 0.431. The van der Waals surface area contributed by atoms with Crippen LogP contribution in [0, 0.1) is 5.82 Å². The lowest BCUT2D eigenvalue weighted by atomic mass is 10.3. The maximum atomic E-state index is 13.1. The van der Waals surface area contributed by atoms with Crippen molar-refractivity contribution < 1.29 is 27.1 Å². The summed E-state index contributed by atoms with van der Waals surface area (Å²) >= 11 is 0. The Morgan fingerprint density at radius 3 is 2.45 bits per heavy atom. The average Bonchev–Trinajstić information content (AvgIpc) is 2.66. The van der Waals surface area contributed by atoms with E-state index in [1.807, 2.05) is 13.8 Å². The van der Waals surface area contributed by atoms with Crippen molar-refractivity contribution in [3.8, 4) is 5.75 Å². The van der Waals surface area contributed by atoms with Gasteiger partial charge in [0.1, 0.15) is 11.6 Å². The maximum absolute atomic E-state index is 13.1. The molecular weight excluding hydrogens is 399 g/mol. The van der Waals surface area contributed by atoms with Crippen LogP contribution in [-0.4, -0.2) is 50.5 Å². The zero-order chi connectivity index (χ0) is 21.0. The monoisotopic (exact) mass is 422 g/mol. The molecule has 1 fully saturated rings. The first kappa shape index (κ1) is 21.2. The average molecular weight is 422 g/mol. The van der Waals surface area contributed by atoms with E-state index in [0.717, 1.165) is 0 Å². The van der Waals surface area contributed by atoms with Gasteiger partial charge in [0, 0.05) is 24.8 Å². The summed E-state index contributed by atoms with van der Waals surface area (Å²) in [7, 11) is -3.64. The van der Waals surface area contributed by atoms with E-state index in [4.69, 9.17) is 9.47 Å². The Morgan fingerprint density at radius 2 is 1.83 bits per heavy atom. The van der Waals surface area contributed by atoms with Crippen LogP contribution >= 0.6 is 0 Å². The Balaban J connectivity index is 1.60. The van der Waals surface area contributed by atoms with E-state index in [1.165, 1.54) is 46.8 Å². The van der Waals surface area contributed by atoms with Gasteiger partial charge in [-0.15, -0.1) is 0 Å². The molecule has 0 bridgehead atoms. The number of sulfonamides is 1. The lowest BCUT2D eigenvalue weighted by Gasteiger charge is -2.34. The van der Waals surface area contributed by atoms with Crippen LogP contribution in [0.15, 0.2) is 53.4 Å². The number of benzene rings is 2. The molecule has 0 radical (unpaired) electrons. The second kappa shape index (κ2) is 8.89. The molecule has 1 aliphatic rings. The predicted molar refractivity (Wildman–Crippen MR) is 106 cm³/mol.